The Hall–Kier alpha value is -1.71. The van der Waals surface area contributed by atoms with Crippen molar-refractivity contribution in [1.29, 1.82) is 0 Å². The molecule has 1 heterocycles. The predicted molar refractivity (Wildman–Crippen MR) is 79.7 cm³/mol. The fourth-order valence-electron chi connectivity index (χ4n) is 1.85. The first-order chi connectivity index (χ1) is 10.1. The number of nitrogens with one attached hydrogen (secondary N) is 1. The van der Waals surface area contributed by atoms with Crippen molar-refractivity contribution < 1.29 is 24.3 Å². The van der Waals surface area contributed by atoms with Gasteiger partial charge in [-0.05, 0) is 27.7 Å². The van der Waals surface area contributed by atoms with E-state index in [1.165, 1.54) is 16.7 Å². The van der Waals surface area contributed by atoms with Crippen LogP contribution in [0.4, 0.5) is 4.79 Å². The number of carbonyl (C=O) groups is 2. The molecule has 0 aromatic carbocycles. The number of nitrogens with zero attached hydrogens (tertiary/aromatic N) is 2. The number of ether oxygens (including phenoxy) is 1. The minimum atomic E-state index is -0.924. The van der Waals surface area contributed by atoms with Gasteiger partial charge in [-0.25, -0.2) is 4.79 Å². The van der Waals surface area contributed by atoms with E-state index < -0.39 is 22.8 Å². The van der Waals surface area contributed by atoms with Crippen molar-refractivity contribution in [1.82, 2.24) is 10.2 Å². The van der Waals surface area contributed by atoms with Gasteiger partial charge in [-0.1, -0.05) is 0 Å². The highest BCUT2D eigenvalue weighted by molar-refractivity contribution is 8.00. The molecule has 2 amide bonds. The average molecular weight is 335 g/mol. The van der Waals surface area contributed by atoms with Crippen LogP contribution in [0.1, 0.15) is 27.7 Å². The van der Waals surface area contributed by atoms with Gasteiger partial charge in [0.1, 0.15) is 18.2 Å². The van der Waals surface area contributed by atoms with Crippen molar-refractivity contribution in [3.63, 3.8) is 0 Å². The second-order valence-electron chi connectivity index (χ2n) is 5.68. The molecule has 0 spiro atoms. The average Bonchev–Trinajstić information content (AvgIpc) is 2.74. The van der Waals surface area contributed by atoms with E-state index in [0.717, 1.165) is 0 Å². The van der Waals surface area contributed by atoms with Gasteiger partial charge < -0.3 is 14.9 Å². The second kappa shape index (κ2) is 7.52. The Bertz CT molecular complexity index is 439. The molecule has 2 atom stereocenters. The van der Waals surface area contributed by atoms with Crippen molar-refractivity contribution in [3.8, 4) is 0 Å². The molecule has 0 aliphatic carbocycles. The van der Waals surface area contributed by atoms with Gasteiger partial charge >= 0.3 is 6.09 Å². The molecular formula is C12H21N3O6S. The van der Waals surface area contributed by atoms with E-state index >= 15 is 0 Å². The molecule has 0 unspecified atom stereocenters. The largest absolute Gasteiger partial charge is 0.444 e. The van der Waals surface area contributed by atoms with Crippen LogP contribution in [-0.4, -0.2) is 57.9 Å². The van der Waals surface area contributed by atoms with Gasteiger partial charge in [-0.3, -0.25) is 9.69 Å². The number of thioether (sulfide) groups is 1. The lowest BCUT2D eigenvalue weighted by Gasteiger charge is -2.30. The van der Waals surface area contributed by atoms with Crippen LogP contribution >= 0.6 is 11.8 Å². The molecule has 0 aromatic rings. The SMILES string of the molecule is C[C@H]1SC[C@@H](C(=O)NCCO[N+](=O)[O-])N1C(=O)OC(C)(C)C. The highest BCUT2D eigenvalue weighted by atomic mass is 32.2. The van der Waals surface area contributed by atoms with Crippen LogP contribution in [0.15, 0.2) is 0 Å². The highest BCUT2D eigenvalue weighted by Gasteiger charge is 2.41. The zero-order chi connectivity index (χ0) is 16.9. The van der Waals surface area contributed by atoms with Gasteiger partial charge in [-0.2, -0.15) is 0 Å². The van der Waals surface area contributed by atoms with Crippen LogP contribution in [-0.2, 0) is 14.4 Å². The van der Waals surface area contributed by atoms with E-state index in [4.69, 9.17) is 4.74 Å². The second-order valence-corrected chi connectivity index (χ2v) is 7.03. The molecule has 22 heavy (non-hydrogen) atoms. The van der Waals surface area contributed by atoms with Gasteiger partial charge in [0.05, 0.1) is 5.37 Å². The van der Waals surface area contributed by atoms with Crippen molar-refractivity contribution in [3.05, 3.63) is 10.1 Å². The molecular weight excluding hydrogens is 314 g/mol. The predicted octanol–water partition coefficient (Wildman–Crippen LogP) is 1.01. The van der Waals surface area contributed by atoms with Crippen molar-refractivity contribution >= 4 is 23.8 Å². The maximum Gasteiger partial charge on any atom is 0.411 e. The normalized spacial score (nSPS) is 21.4. The minimum Gasteiger partial charge on any atom is -0.444 e. The quantitative estimate of drug-likeness (QED) is 0.453. The van der Waals surface area contributed by atoms with Crippen molar-refractivity contribution in [2.75, 3.05) is 18.9 Å². The first-order valence-corrected chi connectivity index (χ1v) is 7.84. The Morgan fingerprint density at radius 1 is 1.45 bits per heavy atom. The number of amides is 2. The summed E-state index contributed by atoms with van der Waals surface area (Å²) in [5.74, 6) is 0.0668. The smallest absolute Gasteiger partial charge is 0.411 e. The van der Waals surface area contributed by atoms with E-state index in [2.05, 4.69) is 10.2 Å². The van der Waals surface area contributed by atoms with Crippen LogP contribution in [0.2, 0.25) is 0 Å². The summed E-state index contributed by atoms with van der Waals surface area (Å²) < 4.78 is 5.31. The Morgan fingerprint density at radius 2 is 2.09 bits per heavy atom. The number of hydrogen-bond acceptors (Lipinski definition) is 7. The molecule has 1 aliphatic rings. The lowest BCUT2D eigenvalue weighted by atomic mass is 10.2. The van der Waals surface area contributed by atoms with Gasteiger partial charge in [0, 0.05) is 12.3 Å². The zero-order valence-electron chi connectivity index (χ0n) is 13.0. The molecule has 1 rings (SSSR count). The monoisotopic (exact) mass is 335 g/mol. The molecule has 1 saturated heterocycles. The molecule has 0 aromatic heterocycles. The van der Waals surface area contributed by atoms with Crippen LogP contribution in [0, 0.1) is 10.1 Å². The van der Waals surface area contributed by atoms with Crippen LogP contribution in [0.3, 0.4) is 0 Å². The van der Waals surface area contributed by atoms with Gasteiger partial charge in [0.15, 0.2) is 0 Å². The minimum absolute atomic E-state index is 0.00246. The lowest BCUT2D eigenvalue weighted by Crippen LogP contribution is -2.51. The third kappa shape index (κ3) is 5.58. The zero-order valence-corrected chi connectivity index (χ0v) is 13.8. The highest BCUT2D eigenvalue weighted by Crippen LogP contribution is 2.30. The van der Waals surface area contributed by atoms with Crippen LogP contribution in [0.25, 0.3) is 0 Å². The first kappa shape index (κ1) is 18.3. The van der Waals surface area contributed by atoms with Crippen LogP contribution in [0.5, 0.6) is 0 Å². The third-order valence-corrected chi connectivity index (χ3v) is 3.95. The van der Waals surface area contributed by atoms with Crippen LogP contribution < -0.4 is 5.32 Å². The summed E-state index contributed by atoms with van der Waals surface area (Å²) in [6.07, 6.45) is -0.549. The Morgan fingerprint density at radius 3 is 2.64 bits per heavy atom. The lowest BCUT2D eigenvalue weighted by molar-refractivity contribution is -0.757. The maximum atomic E-state index is 12.2. The number of hydrogen-bond donors (Lipinski definition) is 1. The summed E-state index contributed by atoms with van der Waals surface area (Å²) in [5.41, 5.74) is -0.648. The van der Waals surface area contributed by atoms with Gasteiger partial charge in [0.25, 0.3) is 5.09 Å². The third-order valence-electron chi connectivity index (χ3n) is 2.73. The summed E-state index contributed by atoms with van der Waals surface area (Å²) in [5, 5.41) is 11.4. The molecule has 1 aliphatic heterocycles. The molecule has 10 heteroatoms. The van der Waals surface area contributed by atoms with E-state index in [9.17, 15) is 19.7 Å². The fraction of sp³-hybridized carbons (Fsp3) is 0.833. The molecule has 9 nitrogen and oxygen atoms in total. The van der Waals surface area contributed by atoms with Gasteiger partial charge in [0.2, 0.25) is 5.91 Å². The molecule has 0 saturated carbocycles. The fourth-order valence-corrected chi connectivity index (χ4v) is 3.02. The number of rotatable bonds is 5. The van der Waals surface area contributed by atoms with E-state index in [1.807, 2.05) is 6.92 Å². The molecule has 1 fully saturated rings. The van der Waals surface area contributed by atoms with E-state index in [1.54, 1.807) is 20.8 Å². The topological polar surface area (TPSA) is 111 Å². The Kier molecular flexibility index (Phi) is 6.27. The first-order valence-electron chi connectivity index (χ1n) is 6.80. The summed E-state index contributed by atoms with van der Waals surface area (Å²) in [4.78, 5) is 39.8. The van der Waals surface area contributed by atoms with Crippen molar-refractivity contribution in [2.45, 2.75) is 44.7 Å². The summed E-state index contributed by atoms with van der Waals surface area (Å²) in [6.45, 7) is 6.84. The maximum absolute atomic E-state index is 12.2. The molecule has 1 N–H and O–H groups in total. The summed E-state index contributed by atoms with van der Waals surface area (Å²) in [7, 11) is 0. The van der Waals surface area contributed by atoms with E-state index in [0.29, 0.717) is 5.75 Å². The standard InChI is InChI=1S/C12H21N3O6S/c1-8-14(11(17)21-12(2,3)4)9(7-22-8)10(16)13-5-6-20-15(18)19/h8-9H,5-7H2,1-4H3,(H,13,16)/t8-,9+/m1/s1. The summed E-state index contributed by atoms with van der Waals surface area (Å²) >= 11 is 1.46. The summed E-state index contributed by atoms with van der Waals surface area (Å²) in [6, 6.07) is -0.662. The van der Waals surface area contributed by atoms with Gasteiger partial charge in [-0.15, -0.1) is 21.9 Å². The molecule has 0 bridgehead atoms. The van der Waals surface area contributed by atoms with Crippen molar-refractivity contribution in [2.24, 2.45) is 0 Å². The number of carbonyl (C=O) groups excluding carboxylic acids is 2. The Labute approximate surface area is 132 Å². The molecule has 126 valence electrons. The molecule has 0 radical (unpaired) electrons. The Balaban J connectivity index is 2.58. The van der Waals surface area contributed by atoms with E-state index in [-0.39, 0.29) is 24.4 Å².